The first kappa shape index (κ1) is 9.71. The summed E-state index contributed by atoms with van der Waals surface area (Å²) in [6.07, 6.45) is 1.52. The van der Waals surface area contributed by atoms with Gasteiger partial charge in [-0.2, -0.15) is 0 Å². The van der Waals surface area contributed by atoms with Gasteiger partial charge >= 0.3 is 0 Å². The second kappa shape index (κ2) is 4.13. The number of ether oxygens (including phenoxy) is 1. The van der Waals surface area contributed by atoms with E-state index in [9.17, 15) is 0 Å². The highest BCUT2D eigenvalue weighted by molar-refractivity contribution is 7.07. The van der Waals surface area contributed by atoms with Crippen LogP contribution >= 0.6 is 34.7 Å². The molecule has 0 radical (unpaired) electrons. The van der Waals surface area contributed by atoms with Crippen LogP contribution in [-0.2, 0) is 0 Å². The van der Waals surface area contributed by atoms with Gasteiger partial charge in [-0.15, -0.1) is 5.10 Å². The zero-order valence-corrected chi connectivity index (χ0v) is 9.10. The Hall–Kier alpha value is -0.840. The van der Waals surface area contributed by atoms with Crippen molar-refractivity contribution in [1.29, 1.82) is 0 Å². The number of hydrogen-bond donors (Lipinski definition) is 0. The summed E-state index contributed by atoms with van der Waals surface area (Å²) < 4.78 is 9.07. The number of benzene rings is 1. The monoisotopic (exact) mass is 246 g/mol. The molecule has 0 aliphatic rings. The summed E-state index contributed by atoms with van der Waals surface area (Å²) in [5, 5.41) is 5.27. The Balaban J connectivity index is 2.25. The molecule has 1 heterocycles. The molecule has 2 rings (SSSR count). The van der Waals surface area contributed by atoms with Crippen LogP contribution in [0.4, 0.5) is 0 Å². The van der Waals surface area contributed by atoms with Gasteiger partial charge < -0.3 is 4.74 Å². The molecule has 0 aliphatic carbocycles. The lowest BCUT2D eigenvalue weighted by atomic mass is 10.3. The van der Waals surface area contributed by atoms with Gasteiger partial charge in [0.2, 0.25) is 5.06 Å². The van der Waals surface area contributed by atoms with Gasteiger partial charge in [-0.3, -0.25) is 0 Å². The Morgan fingerprint density at radius 1 is 1.29 bits per heavy atom. The minimum Gasteiger partial charge on any atom is -0.442 e. The van der Waals surface area contributed by atoms with Crippen LogP contribution in [-0.4, -0.2) is 9.59 Å². The minimum absolute atomic E-state index is 0.464. The predicted octanol–water partition coefficient (Wildman–Crippen LogP) is 3.64. The highest BCUT2D eigenvalue weighted by Gasteiger charge is 2.04. The van der Waals surface area contributed by atoms with Gasteiger partial charge in [0.25, 0.3) is 0 Å². The van der Waals surface area contributed by atoms with E-state index in [4.69, 9.17) is 27.9 Å². The number of aromatic nitrogens is 2. The second-order valence-corrected chi connectivity index (χ2v) is 4.01. The smallest absolute Gasteiger partial charge is 0.220 e. The average Bonchev–Trinajstić information content (AvgIpc) is 2.62. The molecule has 3 nitrogen and oxygen atoms in total. The first-order valence-corrected chi connectivity index (χ1v) is 5.19. The molecule has 0 atom stereocenters. The van der Waals surface area contributed by atoms with Gasteiger partial charge in [0.1, 0.15) is 11.9 Å². The molecular weight excluding hydrogens is 243 g/mol. The molecular formula is C8H4Cl2N2OS. The maximum Gasteiger partial charge on any atom is 0.220 e. The lowest BCUT2D eigenvalue weighted by Crippen LogP contribution is -1.81. The average molecular weight is 247 g/mol. The summed E-state index contributed by atoms with van der Waals surface area (Å²) in [6, 6.07) is 5.02. The normalized spacial score (nSPS) is 10.1. The van der Waals surface area contributed by atoms with Crippen LogP contribution in [0.2, 0.25) is 10.0 Å². The first-order chi connectivity index (χ1) is 6.75. The molecule has 0 N–H and O–H groups in total. The van der Waals surface area contributed by atoms with Gasteiger partial charge in [0.05, 0.1) is 5.02 Å². The van der Waals surface area contributed by atoms with Crippen molar-refractivity contribution in [1.82, 2.24) is 9.59 Å². The Morgan fingerprint density at radius 2 is 2.14 bits per heavy atom. The zero-order chi connectivity index (χ0) is 9.97. The molecule has 0 bridgehead atoms. The summed E-state index contributed by atoms with van der Waals surface area (Å²) in [5.74, 6) is 0.544. The molecule has 1 aromatic carbocycles. The van der Waals surface area contributed by atoms with Gasteiger partial charge in [-0.1, -0.05) is 27.7 Å². The molecule has 14 heavy (non-hydrogen) atoms. The predicted molar refractivity (Wildman–Crippen MR) is 56.4 cm³/mol. The topological polar surface area (TPSA) is 35.0 Å². The molecule has 0 amide bonds. The summed E-state index contributed by atoms with van der Waals surface area (Å²) in [5.41, 5.74) is 0. The molecule has 0 spiro atoms. The fraction of sp³-hybridized carbons (Fsp3) is 0. The van der Waals surface area contributed by atoms with Crippen molar-refractivity contribution >= 4 is 34.7 Å². The second-order valence-electron chi connectivity index (χ2n) is 2.41. The van der Waals surface area contributed by atoms with Crippen LogP contribution in [0, 0.1) is 0 Å². The van der Waals surface area contributed by atoms with E-state index in [-0.39, 0.29) is 0 Å². The third kappa shape index (κ3) is 2.15. The molecule has 0 fully saturated rings. The van der Waals surface area contributed by atoms with E-state index < -0.39 is 0 Å². The van der Waals surface area contributed by atoms with Crippen molar-refractivity contribution in [2.75, 3.05) is 0 Å². The fourth-order valence-electron chi connectivity index (χ4n) is 0.869. The third-order valence-electron chi connectivity index (χ3n) is 1.45. The summed E-state index contributed by atoms with van der Waals surface area (Å²) in [7, 11) is 0. The number of rotatable bonds is 2. The van der Waals surface area contributed by atoms with Crippen LogP contribution < -0.4 is 4.74 Å². The van der Waals surface area contributed by atoms with Crippen LogP contribution in [0.1, 0.15) is 0 Å². The largest absolute Gasteiger partial charge is 0.442 e. The van der Waals surface area contributed by atoms with Crippen molar-refractivity contribution in [3.8, 4) is 10.8 Å². The number of nitrogens with zero attached hydrogens (tertiary/aromatic N) is 2. The zero-order valence-electron chi connectivity index (χ0n) is 6.78. The van der Waals surface area contributed by atoms with Gasteiger partial charge in [-0.25, -0.2) is 0 Å². The third-order valence-corrected chi connectivity index (χ3v) is 2.52. The molecule has 1 aromatic heterocycles. The van der Waals surface area contributed by atoms with E-state index in [1.807, 2.05) is 0 Å². The lowest BCUT2D eigenvalue weighted by molar-refractivity contribution is 0.495. The SMILES string of the molecule is Clc1ccc(Oc2cnns2)c(Cl)c1. The Bertz CT molecular complexity index is 433. The minimum atomic E-state index is 0.464. The van der Waals surface area contributed by atoms with E-state index in [0.29, 0.717) is 20.9 Å². The molecule has 0 saturated heterocycles. The van der Waals surface area contributed by atoms with Gasteiger partial charge in [-0.05, 0) is 18.2 Å². The van der Waals surface area contributed by atoms with E-state index in [2.05, 4.69) is 9.59 Å². The van der Waals surface area contributed by atoms with Crippen molar-refractivity contribution in [2.45, 2.75) is 0 Å². The van der Waals surface area contributed by atoms with Gasteiger partial charge in [0, 0.05) is 16.6 Å². The quantitative estimate of drug-likeness (QED) is 0.812. The van der Waals surface area contributed by atoms with Crippen molar-refractivity contribution in [3.63, 3.8) is 0 Å². The number of halogens is 2. The maximum absolute atomic E-state index is 5.90. The highest BCUT2D eigenvalue weighted by Crippen LogP contribution is 2.32. The maximum atomic E-state index is 5.90. The molecule has 0 aliphatic heterocycles. The standard InChI is InChI=1S/C8H4Cl2N2OS/c9-5-1-2-7(6(10)3-5)13-8-4-11-12-14-8/h1-4H. The van der Waals surface area contributed by atoms with Crippen LogP contribution in [0.25, 0.3) is 0 Å². The van der Waals surface area contributed by atoms with E-state index in [1.54, 1.807) is 18.2 Å². The highest BCUT2D eigenvalue weighted by atomic mass is 35.5. The van der Waals surface area contributed by atoms with Crippen LogP contribution in [0.5, 0.6) is 10.8 Å². The molecule has 2 aromatic rings. The van der Waals surface area contributed by atoms with Gasteiger partial charge in [0.15, 0.2) is 0 Å². The van der Waals surface area contributed by atoms with Crippen LogP contribution in [0.3, 0.4) is 0 Å². The molecule has 72 valence electrons. The molecule has 0 unspecified atom stereocenters. The van der Waals surface area contributed by atoms with Crippen molar-refractivity contribution < 1.29 is 4.74 Å². The summed E-state index contributed by atoms with van der Waals surface area (Å²) >= 11 is 12.8. The summed E-state index contributed by atoms with van der Waals surface area (Å²) in [4.78, 5) is 0. The lowest BCUT2D eigenvalue weighted by Gasteiger charge is -2.03. The Morgan fingerprint density at radius 3 is 2.79 bits per heavy atom. The molecule has 0 saturated carbocycles. The van der Waals surface area contributed by atoms with E-state index >= 15 is 0 Å². The first-order valence-electron chi connectivity index (χ1n) is 3.66. The van der Waals surface area contributed by atoms with Crippen LogP contribution in [0.15, 0.2) is 24.4 Å². The van der Waals surface area contributed by atoms with Crippen molar-refractivity contribution in [2.24, 2.45) is 0 Å². The number of hydrogen-bond acceptors (Lipinski definition) is 4. The fourth-order valence-corrected chi connectivity index (χ4v) is 1.71. The summed E-state index contributed by atoms with van der Waals surface area (Å²) in [6.45, 7) is 0. The van der Waals surface area contributed by atoms with E-state index in [0.717, 1.165) is 11.5 Å². The van der Waals surface area contributed by atoms with Crippen molar-refractivity contribution in [3.05, 3.63) is 34.4 Å². The van der Waals surface area contributed by atoms with E-state index in [1.165, 1.54) is 6.20 Å². The Kier molecular flexibility index (Phi) is 2.86. The molecule has 6 heteroatoms. The Labute approximate surface area is 94.4 Å².